The van der Waals surface area contributed by atoms with Crippen LogP contribution in [0.4, 0.5) is 4.39 Å². The minimum absolute atomic E-state index is 0.129. The predicted molar refractivity (Wildman–Crippen MR) is 66.0 cm³/mol. The molecule has 1 rings (SSSR count). The smallest absolute Gasteiger partial charge is 0.141 e. The molecule has 0 atom stereocenters. The molecule has 0 aliphatic heterocycles. The molecule has 3 heteroatoms. The van der Waals surface area contributed by atoms with Crippen LogP contribution < -0.4 is 0 Å². The topological polar surface area (TPSA) is 20.2 Å². The Morgan fingerprint density at radius 1 is 1.44 bits per heavy atom. The highest BCUT2D eigenvalue weighted by molar-refractivity contribution is 6.30. The van der Waals surface area contributed by atoms with Gasteiger partial charge < -0.3 is 5.11 Å². The van der Waals surface area contributed by atoms with Crippen LogP contribution in [0, 0.1) is 5.82 Å². The van der Waals surface area contributed by atoms with E-state index >= 15 is 0 Å². The first kappa shape index (κ1) is 13.2. The van der Waals surface area contributed by atoms with Crippen molar-refractivity contribution in [3.05, 3.63) is 40.7 Å². The lowest BCUT2D eigenvalue weighted by atomic mass is 10.0. The van der Waals surface area contributed by atoms with Crippen molar-refractivity contribution < 1.29 is 9.50 Å². The van der Waals surface area contributed by atoms with Gasteiger partial charge in [-0.1, -0.05) is 29.8 Å². The van der Waals surface area contributed by atoms with Gasteiger partial charge in [-0.05, 0) is 44.4 Å². The summed E-state index contributed by atoms with van der Waals surface area (Å²) in [6.45, 7) is 3.55. The third-order valence-electron chi connectivity index (χ3n) is 2.18. The Morgan fingerprint density at radius 2 is 2.12 bits per heavy atom. The van der Waals surface area contributed by atoms with Crippen LogP contribution in [0.1, 0.15) is 32.3 Å². The van der Waals surface area contributed by atoms with Crippen LogP contribution in [-0.2, 0) is 0 Å². The predicted octanol–water partition coefficient (Wildman–Crippen LogP) is 4.04. The van der Waals surface area contributed by atoms with Gasteiger partial charge in [0.15, 0.2) is 0 Å². The Hall–Kier alpha value is -0.860. The fourth-order valence-electron chi connectivity index (χ4n) is 1.27. The van der Waals surface area contributed by atoms with Crippen molar-refractivity contribution in [1.82, 2.24) is 0 Å². The van der Waals surface area contributed by atoms with E-state index in [-0.39, 0.29) is 5.02 Å². The van der Waals surface area contributed by atoms with Gasteiger partial charge in [0.25, 0.3) is 0 Å². The molecule has 0 unspecified atom stereocenters. The maximum Gasteiger partial charge on any atom is 0.141 e. The summed E-state index contributed by atoms with van der Waals surface area (Å²) in [5.74, 6) is -0.407. The standard InChI is InChI=1S/C13H16ClFO/c1-13(2,16)8-4-3-5-10-6-7-12(15)11(14)9-10/h3,5-7,9,16H,4,8H2,1-2H3/b5-3+. The second-order valence-corrected chi connectivity index (χ2v) is 4.83. The zero-order valence-electron chi connectivity index (χ0n) is 9.50. The normalized spacial score (nSPS) is 12.3. The molecule has 0 aromatic heterocycles. The fraction of sp³-hybridized carbons (Fsp3) is 0.385. The number of aliphatic hydroxyl groups is 1. The summed E-state index contributed by atoms with van der Waals surface area (Å²) in [5.41, 5.74) is 0.215. The average molecular weight is 243 g/mol. The van der Waals surface area contributed by atoms with E-state index in [1.807, 2.05) is 12.2 Å². The van der Waals surface area contributed by atoms with Crippen molar-refractivity contribution in [3.63, 3.8) is 0 Å². The summed E-state index contributed by atoms with van der Waals surface area (Å²) in [7, 11) is 0. The molecular formula is C13H16ClFO. The van der Waals surface area contributed by atoms with Crippen LogP contribution in [0.2, 0.25) is 5.02 Å². The average Bonchev–Trinajstić information content (AvgIpc) is 2.17. The highest BCUT2D eigenvalue weighted by Gasteiger charge is 2.09. The Morgan fingerprint density at radius 3 is 2.69 bits per heavy atom. The number of rotatable bonds is 4. The molecule has 0 spiro atoms. The molecule has 0 heterocycles. The molecule has 1 nitrogen and oxygen atoms in total. The van der Waals surface area contributed by atoms with E-state index in [4.69, 9.17) is 11.6 Å². The largest absolute Gasteiger partial charge is 0.390 e. The SMILES string of the molecule is CC(C)(O)CC/C=C/c1ccc(F)c(Cl)c1. The van der Waals surface area contributed by atoms with E-state index in [1.165, 1.54) is 6.07 Å². The Balaban J connectivity index is 2.53. The molecule has 88 valence electrons. The van der Waals surface area contributed by atoms with E-state index in [0.29, 0.717) is 6.42 Å². The molecule has 0 saturated carbocycles. The van der Waals surface area contributed by atoms with E-state index in [0.717, 1.165) is 12.0 Å². The van der Waals surface area contributed by atoms with Crippen molar-refractivity contribution in [1.29, 1.82) is 0 Å². The fourth-order valence-corrected chi connectivity index (χ4v) is 1.46. The summed E-state index contributed by atoms with van der Waals surface area (Å²) >= 11 is 5.65. The van der Waals surface area contributed by atoms with Crippen molar-refractivity contribution in [3.8, 4) is 0 Å². The summed E-state index contributed by atoms with van der Waals surface area (Å²) < 4.78 is 12.9. The van der Waals surface area contributed by atoms with Gasteiger partial charge in [-0.3, -0.25) is 0 Å². The molecule has 16 heavy (non-hydrogen) atoms. The zero-order valence-corrected chi connectivity index (χ0v) is 10.3. The van der Waals surface area contributed by atoms with Crippen molar-refractivity contribution in [2.45, 2.75) is 32.3 Å². The van der Waals surface area contributed by atoms with Gasteiger partial charge in [0.2, 0.25) is 0 Å². The number of allylic oxidation sites excluding steroid dienone is 1. The van der Waals surface area contributed by atoms with Crippen LogP contribution in [0.25, 0.3) is 6.08 Å². The van der Waals surface area contributed by atoms with E-state index < -0.39 is 11.4 Å². The molecule has 0 fully saturated rings. The van der Waals surface area contributed by atoms with E-state index in [9.17, 15) is 9.50 Å². The number of hydrogen-bond acceptors (Lipinski definition) is 1. The molecule has 0 amide bonds. The molecule has 0 bridgehead atoms. The first-order valence-electron chi connectivity index (χ1n) is 5.22. The Bertz CT molecular complexity index is 380. The Kier molecular flexibility index (Phi) is 4.51. The molecule has 0 saturated heterocycles. The molecule has 0 aliphatic carbocycles. The van der Waals surface area contributed by atoms with Gasteiger partial charge in [0.1, 0.15) is 5.82 Å². The van der Waals surface area contributed by atoms with Crippen LogP contribution >= 0.6 is 11.6 Å². The zero-order chi connectivity index (χ0) is 12.2. The summed E-state index contributed by atoms with van der Waals surface area (Å²) in [5, 5.41) is 9.62. The lowest BCUT2D eigenvalue weighted by molar-refractivity contribution is 0.0722. The second-order valence-electron chi connectivity index (χ2n) is 4.43. The number of hydrogen-bond donors (Lipinski definition) is 1. The van der Waals surface area contributed by atoms with Crippen LogP contribution in [0.3, 0.4) is 0 Å². The van der Waals surface area contributed by atoms with Gasteiger partial charge in [0.05, 0.1) is 10.6 Å². The van der Waals surface area contributed by atoms with Gasteiger partial charge in [0, 0.05) is 0 Å². The van der Waals surface area contributed by atoms with E-state index in [1.54, 1.807) is 26.0 Å². The van der Waals surface area contributed by atoms with Crippen LogP contribution in [0.5, 0.6) is 0 Å². The second kappa shape index (κ2) is 5.46. The lowest BCUT2D eigenvalue weighted by Crippen LogP contribution is -2.17. The Labute approximate surface area is 101 Å². The molecular weight excluding hydrogens is 227 g/mol. The van der Waals surface area contributed by atoms with Gasteiger partial charge in [-0.15, -0.1) is 0 Å². The van der Waals surface area contributed by atoms with Gasteiger partial charge >= 0.3 is 0 Å². The lowest BCUT2D eigenvalue weighted by Gasteiger charge is -2.14. The summed E-state index contributed by atoms with van der Waals surface area (Å²) in [6, 6.07) is 4.59. The first-order valence-corrected chi connectivity index (χ1v) is 5.60. The minimum Gasteiger partial charge on any atom is -0.390 e. The van der Waals surface area contributed by atoms with Crippen LogP contribution in [-0.4, -0.2) is 10.7 Å². The monoisotopic (exact) mass is 242 g/mol. The molecule has 0 aliphatic rings. The first-order chi connectivity index (χ1) is 7.38. The third kappa shape index (κ3) is 4.77. The highest BCUT2D eigenvalue weighted by Crippen LogP contribution is 2.17. The maximum absolute atomic E-state index is 12.9. The molecule has 1 aromatic rings. The van der Waals surface area contributed by atoms with Gasteiger partial charge in [-0.25, -0.2) is 4.39 Å². The molecule has 0 radical (unpaired) electrons. The third-order valence-corrected chi connectivity index (χ3v) is 2.47. The number of halogens is 2. The molecule has 1 aromatic carbocycles. The minimum atomic E-state index is -0.648. The maximum atomic E-state index is 12.9. The van der Waals surface area contributed by atoms with Crippen molar-refractivity contribution in [2.75, 3.05) is 0 Å². The summed E-state index contributed by atoms with van der Waals surface area (Å²) in [4.78, 5) is 0. The quantitative estimate of drug-likeness (QED) is 0.845. The molecule has 1 N–H and O–H groups in total. The van der Waals surface area contributed by atoms with Gasteiger partial charge in [-0.2, -0.15) is 0 Å². The van der Waals surface area contributed by atoms with Crippen molar-refractivity contribution in [2.24, 2.45) is 0 Å². The van der Waals surface area contributed by atoms with E-state index in [2.05, 4.69) is 0 Å². The number of benzene rings is 1. The summed E-state index contributed by atoms with van der Waals surface area (Å²) in [6.07, 6.45) is 5.29. The highest BCUT2D eigenvalue weighted by atomic mass is 35.5. The van der Waals surface area contributed by atoms with Crippen LogP contribution in [0.15, 0.2) is 24.3 Å². The van der Waals surface area contributed by atoms with Crippen molar-refractivity contribution >= 4 is 17.7 Å².